The highest BCUT2D eigenvalue weighted by molar-refractivity contribution is 6.02. The van der Waals surface area contributed by atoms with Gasteiger partial charge in [-0.25, -0.2) is 0 Å². The number of carbonyl (C=O) groups excluding carboxylic acids is 2. The number of hydrogen-bond acceptors (Lipinski definition) is 3. The van der Waals surface area contributed by atoms with Crippen LogP contribution < -0.4 is 0 Å². The molecule has 0 heterocycles. The van der Waals surface area contributed by atoms with Gasteiger partial charge in [0.05, 0.1) is 6.10 Å². The second-order valence-corrected chi connectivity index (χ2v) is 12.9. The van der Waals surface area contributed by atoms with Crippen LogP contribution in [0.5, 0.6) is 0 Å². The topological polar surface area (TPSA) is 54.4 Å². The third-order valence-corrected chi connectivity index (χ3v) is 9.32. The summed E-state index contributed by atoms with van der Waals surface area (Å²) >= 11 is 0. The second kappa shape index (κ2) is 13.7. The van der Waals surface area contributed by atoms with Gasteiger partial charge in [-0.15, -0.1) is 0 Å². The van der Waals surface area contributed by atoms with Gasteiger partial charge in [-0.05, 0) is 104 Å². The van der Waals surface area contributed by atoms with E-state index in [0.29, 0.717) is 30.4 Å². The summed E-state index contributed by atoms with van der Waals surface area (Å²) in [5, 5.41) is 11.6. The Morgan fingerprint density at radius 1 is 0.744 bits per heavy atom. The van der Waals surface area contributed by atoms with Crippen LogP contribution in [0.2, 0.25) is 0 Å². The van der Waals surface area contributed by atoms with Crippen LogP contribution in [0.4, 0.5) is 0 Å². The molecule has 3 atom stereocenters. The van der Waals surface area contributed by atoms with Crippen LogP contribution in [-0.2, 0) is 11.8 Å². The third kappa shape index (κ3) is 7.97. The van der Waals surface area contributed by atoms with E-state index in [-0.39, 0.29) is 35.2 Å². The van der Waals surface area contributed by atoms with Crippen molar-refractivity contribution in [1.29, 1.82) is 0 Å². The molecule has 5 rings (SSSR count). The van der Waals surface area contributed by atoms with Crippen molar-refractivity contribution < 1.29 is 14.7 Å². The number of ketones is 2. The summed E-state index contributed by atoms with van der Waals surface area (Å²) in [5.74, 6) is -0.0937. The summed E-state index contributed by atoms with van der Waals surface area (Å²) in [4.78, 5) is 27.1. The van der Waals surface area contributed by atoms with Gasteiger partial charge in [0.25, 0.3) is 0 Å². The van der Waals surface area contributed by atoms with Crippen LogP contribution in [0.25, 0.3) is 0 Å². The summed E-state index contributed by atoms with van der Waals surface area (Å²) in [6.45, 7) is 6.13. The van der Waals surface area contributed by atoms with E-state index in [9.17, 15) is 14.7 Å². The van der Waals surface area contributed by atoms with Gasteiger partial charge in [-0.3, -0.25) is 9.59 Å². The summed E-state index contributed by atoms with van der Waals surface area (Å²) in [7, 11) is 0. The Morgan fingerprint density at radius 2 is 1.37 bits per heavy atom. The number of aliphatic hydroxyl groups excluding tert-OH is 1. The Hall–Kier alpha value is -3.82. The number of rotatable bonds is 14. The van der Waals surface area contributed by atoms with Crippen molar-refractivity contribution in [2.45, 2.75) is 83.2 Å². The molecule has 0 radical (unpaired) electrons. The molecule has 4 aromatic carbocycles. The molecule has 4 aromatic rings. The van der Waals surface area contributed by atoms with E-state index >= 15 is 0 Å². The average molecular weight is 573 g/mol. The molecule has 0 saturated heterocycles. The van der Waals surface area contributed by atoms with Gasteiger partial charge in [0.2, 0.25) is 0 Å². The number of aryl methyl sites for hydroxylation is 2. The van der Waals surface area contributed by atoms with Gasteiger partial charge >= 0.3 is 0 Å². The molecule has 3 heteroatoms. The second-order valence-electron chi connectivity index (χ2n) is 12.9. The van der Waals surface area contributed by atoms with Crippen LogP contribution in [0.3, 0.4) is 0 Å². The first kappa shape index (κ1) is 30.6. The molecule has 3 nitrogen and oxygen atoms in total. The maximum absolute atomic E-state index is 13.8. The highest BCUT2D eigenvalue weighted by Crippen LogP contribution is 2.52. The molecule has 0 unspecified atom stereocenters. The Kier molecular flexibility index (Phi) is 9.72. The van der Waals surface area contributed by atoms with Gasteiger partial charge in [0.1, 0.15) is 0 Å². The molecular formula is C40H44O3. The van der Waals surface area contributed by atoms with Gasteiger partial charge in [0.15, 0.2) is 11.6 Å². The van der Waals surface area contributed by atoms with Crippen LogP contribution in [0.15, 0.2) is 103 Å². The maximum atomic E-state index is 13.8. The number of hydrogen-bond donors (Lipinski definition) is 1. The van der Waals surface area contributed by atoms with Crippen LogP contribution in [0.1, 0.15) is 99.9 Å². The highest BCUT2D eigenvalue weighted by atomic mass is 16.3. The smallest absolute Gasteiger partial charge is 0.163 e. The molecular weight excluding hydrogens is 528 g/mol. The predicted octanol–water partition coefficient (Wildman–Crippen LogP) is 8.98. The van der Waals surface area contributed by atoms with Crippen molar-refractivity contribution >= 4 is 11.6 Å². The van der Waals surface area contributed by atoms with Crippen molar-refractivity contribution in [2.75, 3.05) is 0 Å². The zero-order valence-corrected chi connectivity index (χ0v) is 25.8. The summed E-state index contributed by atoms with van der Waals surface area (Å²) in [6.07, 6.45) is 4.54. The predicted molar refractivity (Wildman–Crippen MR) is 175 cm³/mol. The fourth-order valence-corrected chi connectivity index (χ4v) is 6.49. The summed E-state index contributed by atoms with van der Waals surface area (Å²) in [6, 6.07) is 34.5. The zero-order chi connectivity index (χ0) is 30.4. The zero-order valence-electron chi connectivity index (χ0n) is 25.8. The number of aliphatic hydroxyl groups is 1. The SMILES string of the molecule is Cc1cc(C(=O)C[C@@H](Cc2ccccc2)[C@H](O)CCC2(c3cccc(C)c3)CC2)cc(C(=O)C[C@H](C)c2ccccc2)c1. The minimum Gasteiger partial charge on any atom is -0.393 e. The Balaban J connectivity index is 1.30. The molecule has 1 N–H and O–H groups in total. The quantitative estimate of drug-likeness (QED) is 0.153. The molecule has 0 aromatic heterocycles. The van der Waals surface area contributed by atoms with E-state index in [1.807, 2.05) is 67.6 Å². The van der Waals surface area contributed by atoms with Gasteiger partial charge in [-0.2, -0.15) is 0 Å². The monoisotopic (exact) mass is 572 g/mol. The largest absolute Gasteiger partial charge is 0.393 e. The van der Waals surface area contributed by atoms with Crippen LogP contribution in [-0.4, -0.2) is 22.8 Å². The molecule has 0 amide bonds. The van der Waals surface area contributed by atoms with E-state index in [1.165, 1.54) is 11.1 Å². The fraction of sp³-hybridized carbons (Fsp3) is 0.350. The van der Waals surface area contributed by atoms with Crippen LogP contribution >= 0.6 is 0 Å². The minimum absolute atomic E-state index is 0.0198. The van der Waals surface area contributed by atoms with E-state index < -0.39 is 6.10 Å². The molecule has 222 valence electrons. The molecule has 0 bridgehead atoms. The fourth-order valence-electron chi connectivity index (χ4n) is 6.49. The molecule has 43 heavy (non-hydrogen) atoms. The first-order valence-corrected chi connectivity index (χ1v) is 15.7. The molecule has 0 spiro atoms. The Morgan fingerprint density at radius 3 is 2.00 bits per heavy atom. The molecule has 1 saturated carbocycles. The first-order valence-electron chi connectivity index (χ1n) is 15.7. The van der Waals surface area contributed by atoms with Crippen molar-refractivity contribution in [2.24, 2.45) is 5.92 Å². The van der Waals surface area contributed by atoms with Crippen molar-refractivity contribution in [3.8, 4) is 0 Å². The lowest BCUT2D eigenvalue weighted by atomic mass is 9.82. The van der Waals surface area contributed by atoms with Gasteiger partial charge in [0, 0.05) is 24.0 Å². The highest BCUT2D eigenvalue weighted by Gasteiger charge is 2.44. The number of benzene rings is 4. The lowest BCUT2D eigenvalue weighted by molar-refractivity contribution is 0.0733. The summed E-state index contributed by atoms with van der Waals surface area (Å²) < 4.78 is 0. The molecule has 1 fully saturated rings. The van der Waals surface area contributed by atoms with E-state index in [2.05, 4.69) is 50.2 Å². The standard InChI is InChI=1S/C40H44O3/c1-28-11-10-16-36(23-28)40(19-20-40)18-17-37(41)35(25-31-12-6-4-7-13-31)27-39(43)34-22-29(2)21-33(26-34)38(42)24-30(3)32-14-8-5-9-15-32/h4-16,21-23,26,30,35,37,41H,17-20,24-25,27H2,1-3H3/t30-,35+,37+/m0/s1. The maximum Gasteiger partial charge on any atom is 0.163 e. The summed E-state index contributed by atoms with van der Waals surface area (Å²) in [5.41, 5.74) is 7.07. The van der Waals surface area contributed by atoms with Crippen LogP contribution in [0, 0.1) is 19.8 Å². The minimum atomic E-state index is -0.593. The van der Waals surface area contributed by atoms with E-state index in [4.69, 9.17) is 0 Å². The lowest BCUT2D eigenvalue weighted by Crippen LogP contribution is -2.27. The molecule has 1 aliphatic rings. The van der Waals surface area contributed by atoms with E-state index in [1.54, 1.807) is 6.07 Å². The third-order valence-electron chi connectivity index (χ3n) is 9.32. The Labute approximate surface area is 257 Å². The van der Waals surface area contributed by atoms with Crippen molar-refractivity contribution in [1.82, 2.24) is 0 Å². The first-order chi connectivity index (χ1) is 20.7. The van der Waals surface area contributed by atoms with E-state index in [0.717, 1.165) is 36.0 Å². The van der Waals surface area contributed by atoms with Gasteiger partial charge < -0.3 is 5.11 Å². The average Bonchev–Trinajstić information content (AvgIpc) is 3.81. The van der Waals surface area contributed by atoms with Gasteiger partial charge in [-0.1, -0.05) is 97.4 Å². The van der Waals surface area contributed by atoms with Crippen molar-refractivity contribution in [3.63, 3.8) is 0 Å². The number of Topliss-reactive ketones (excluding diaryl/α,β-unsaturated/α-hetero) is 2. The van der Waals surface area contributed by atoms with Crippen molar-refractivity contribution in [3.05, 3.63) is 142 Å². The molecule has 1 aliphatic carbocycles. The number of carbonyl (C=O) groups is 2. The normalized spacial score (nSPS) is 15.8. The molecule has 0 aliphatic heterocycles. The Bertz CT molecular complexity index is 1530. The lowest BCUT2D eigenvalue weighted by Gasteiger charge is -2.25.